The van der Waals surface area contributed by atoms with Gasteiger partial charge in [-0.05, 0) is 30.0 Å². The van der Waals surface area contributed by atoms with Crippen molar-refractivity contribution in [3.8, 4) is 0 Å². The van der Waals surface area contributed by atoms with E-state index in [1.165, 1.54) is 6.07 Å². The Balaban J connectivity index is 3.60. The molecule has 0 aromatic heterocycles. The molecule has 1 rings (SSSR count). The number of aliphatic imine (C=N–C) groups is 1. The highest BCUT2D eigenvalue weighted by molar-refractivity contribution is 7.90. The largest absolute Gasteiger partial charge is 0.370 e. The summed E-state index contributed by atoms with van der Waals surface area (Å²) < 4.78 is 23.7. The molecule has 0 saturated carbocycles. The Morgan fingerprint density at radius 2 is 1.80 bits per heavy atom. The maximum absolute atomic E-state index is 11.9. The molecular weight excluding hydrogens is 278 g/mol. The van der Waals surface area contributed by atoms with Crippen LogP contribution in [0.1, 0.15) is 41.3 Å². The molecule has 1 amide bonds. The minimum Gasteiger partial charge on any atom is -0.370 e. The summed E-state index contributed by atoms with van der Waals surface area (Å²) in [6.45, 7) is 5.50. The Morgan fingerprint density at radius 1 is 1.25 bits per heavy atom. The van der Waals surface area contributed by atoms with Crippen molar-refractivity contribution in [2.75, 3.05) is 6.26 Å². The maximum Gasteiger partial charge on any atom is 0.280 e. The first-order valence-electron chi connectivity index (χ1n) is 6.02. The average molecular weight is 297 g/mol. The van der Waals surface area contributed by atoms with Crippen LogP contribution >= 0.6 is 0 Å². The first kappa shape index (κ1) is 16.2. The predicted molar refractivity (Wildman–Crippen MR) is 78.5 cm³/mol. The molecule has 0 saturated heterocycles. The summed E-state index contributed by atoms with van der Waals surface area (Å²) in [5.41, 5.74) is 11.8. The van der Waals surface area contributed by atoms with Gasteiger partial charge in [0.15, 0.2) is 15.8 Å². The van der Waals surface area contributed by atoms with Crippen LogP contribution in [0.25, 0.3) is 0 Å². The predicted octanol–water partition coefficient (Wildman–Crippen LogP) is 0.936. The van der Waals surface area contributed by atoms with Gasteiger partial charge in [0.1, 0.15) is 0 Å². The summed E-state index contributed by atoms with van der Waals surface area (Å²) in [5, 5.41) is 0. The number of guanidine groups is 1. The van der Waals surface area contributed by atoms with Gasteiger partial charge in [-0.1, -0.05) is 19.9 Å². The number of hydrogen-bond donors (Lipinski definition) is 2. The van der Waals surface area contributed by atoms with Crippen LogP contribution in [0.5, 0.6) is 0 Å². The Kier molecular flexibility index (Phi) is 4.54. The van der Waals surface area contributed by atoms with E-state index in [0.717, 1.165) is 6.26 Å². The fourth-order valence-electron chi connectivity index (χ4n) is 1.89. The van der Waals surface area contributed by atoms with E-state index in [9.17, 15) is 13.2 Å². The van der Waals surface area contributed by atoms with Crippen LogP contribution < -0.4 is 11.5 Å². The topological polar surface area (TPSA) is 116 Å². The van der Waals surface area contributed by atoms with Crippen molar-refractivity contribution in [2.45, 2.75) is 31.6 Å². The Labute approximate surface area is 118 Å². The number of benzene rings is 1. The summed E-state index contributed by atoms with van der Waals surface area (Å²) >= 11 is 0. The lowest BCUT2D eigenvalue weighted by Gasteiger charge is -2.14. The molecule has 20 heavy (non-hydrogen) atoms. The van der Waals surface area contributed by atoms with E-state index in [4.69, 9.17) is 11.5 Å². The molecule has 1 aromatic carbocycles. The quantitative estimate of drug-likeness (QED) is 0.636. The summed E-state index contributed by atoms with van der Waals surface area (Å²) in [7, 11) is -3.44. The molecule has 110 valence electrons. The van der Waals surface area contributed by atoms with E-state index < -0.39 is 15.7 Å². The minimum absolute atomic E-state index is 0.0191. The first-order chi connectivity index (χ1) is 9.04. The second kappa shape index (κ2) is 5.62. The molecule has 7 heteroatoms. The van der Waals surface area contributed by atoms with Gasteiger partial charge in [0.25, 0.3) is 5.91 Å². The van der Waals surface area contributed by atoms with Crippen LogP contribution in [0.2, 0.25) is 0 Å². The van der Waals surface area contributed by atoms with E-state index in [-0.39, 0.29) is 22.3 Å². The summed E-state index contributed by atoms with van der Waals surface area (Å²) in [5.74, 6) is -0.989. The van der Waals surface area contributed by atoms with Crippen molar-refractivity contribution in [2.24, 2.45) is 16.5 Å². The van der Waals surface area contributed by atoms with E-state index >= 15 is 0 Å². The molecule has 0 aliphatic heterocycles. The van der Waals surface area contributed by atoms with Crippen LogP contribution in [-0.2, 0) is 9.84 Å². The van der Waals surface area contributed by atoms with Crippen LogP contribution in [0, 0.1) is 6.92 Å². The van der Waals surface area contributed by atoms with Crippen LogP contribution in [0.4, 0.5) is 0 Å². The molecule has 0 atom stereocenters. The number of nitrogens with two attached hydrogens (primary N) is 2. The maximum atomic E-state index is 11.9. The number of carbonyl (C=O) groups is 1. The van der Waals surface area contributed by atoms with Gasteiger partial charge in [-0.3, -0.25) is 4.79 Å². The van der Waals surface area contributed by atoms with E-state index in [1.807, 2.05) is 13.8 Å². The number of aryl methyl sites for hydroxylation is 1. The SMILES string of the molecule is Cc1cc(C(C)C)c(S(C)(=O)=O)cc1C(=O)N=C(N)N. The van der Waals surface area contributed by atoms with E-state index in [0.29, 0.717) is 11.1 Å². The Hall–Kier alpha value is -1.89. The van der Waals surface area contributed by atoms with Crippen molar-refractivity contribution < 1.29 is 13.2 Å². The first-order valence-corrected chi connectivity index (χ1v) is 7.91. The fourth-order valence-corrected chi connectivity index (χ4v) is 2.95. The van der Waals surface area contributed by atoms with Gasteiger partial charge in [-0.25, -0.2) is 8.42 Å². The molecule has 0 spiro atoms. The van der Waals surface area contributed by atoms with Crippen molar-refractivity contribution in [3.63, 3.8) is 0 Å². The molecule has 4 N–H and O–H groups in total. The van der Waals surface area contributed by atoms with Crippen LogP contribution in [0.15, 0.2) is 22.0 Å². The molecule has 6 nitrogen and oxygen atoms in total. The lowest BCUT2D eigenvalue weighted by atomic mass is 9.97. The molecule has 0 heterocycles. The zero-order chi connectivity index (χ0) is 15.7. The lowest BCUT2D eigenvalue weighted by molar-refractivity contribution is 0.100. The van der Waals surface area contributed by atoms with Crippen LogP contribution in [-0.4, -0.2) is 26.5 Å². The van der Waals surface area contributed by atoms with Gasteiger partial charge < -0.3 is 11.5 Å². The minimum atomic E-state index is -3.44. The molecule has 0 bridgehead atoms. The van der Waals surface area contributed by atoms with Crippen LogP contribution in [0.3, 0.4) is 0 Å². The van der Waals surface area contributed by atoms with Gasteiger partial charge in [-0.2, -0.15) is 4.99 Å². The van der Waals surface area contributed by atoms with Gasteiger partial charge in [0.2, 0.25) is 0 Å². The number of hydrogen-bond acceptors (Lipinski definition) is 3. The monoisotopic (exact) mass is 297 g/mol. The second-order valence-corrected chi connectivity index (χ2v) is 6.96. The molecule has 0 unspecified atom stereocenters. The third-order valence-corrected chi connectivity index (χ3v) is 3.99. The van der Waals surface area contributed by atoms with Gasteiger partial charge in [0.05, 0.1) is 4.90 Å². The normalized spacial score (nSPS) is 11.4. The number of amides is 1. The van der Waals surface area contributed by atoms with Gasteiger partial charge >= 0.3 is 0 Å². The number of rotatable bonds is 3. The number of sulfone groups is 1. The molecule has 0 radical (unpaired) electrons. The zero-order valence-corrected chi connectivity index (χ0v) is 12.8. The molecule has 0 fully saturated rings. The third-order valence-electron chi connectivity index (χ3n) is 2.84. The summed E-state index contributed by atoms with van der Waals surface area (Å²) in [6.07, 6.45) is 1.11. The number of nitrogens with zero attached hydrogens (tertiary/aromatic N) is 1. The third kappa shape index (κ3) is 3.57. The smallest absolute Gasteiger partial charge is 0.280 e. The lowest BCUT2D eigenvalue weighted by Crippen LogP contribution is -2.24. The Bertz CT molecular complexity index is 672. The highest BCUT2D eigenvalue weighted by atomic mass is 32.2. The molecular formula is C13H19N3O3S. The Morgan fingerprint density at radius 3 is 2.20 bits per heavy atom. The highest BCUT2D eigenvalue weighted by Crippen LogP contribution is 2.27. The fraction of sp³-hybridized carbons (Fsp3) is 0.385. The summed E-state index contributed by atoms with van der Waals surface area (Å²) in [4.78, 5) is 15.5. The highest BCUT2D eigenvalue weighted by Gasteiger charge is 2.20. The van der Waals surface area contributed by atoms with Crippen molar-refractivity contribution in [3.05, 3.63) is 28.8 Å². The van der Waals surface area contributed by atoms with Gasteiger partial charge in [-0.15, -0.1) is 0 Å². The van der Waals surface area contributed by atoms with Crippen molar-refractivity contribution in [1.29, 1.82) is 0 Å². The molecule has 1 aromatic rings. The van der Waals surface area contributed by atoms with E-state index in [1.54, 1.807) is 13.0 Å². The van der Waals surface area contributed by atoms with E-state index in [2.05, 4.69) is 4.99 Å². The average Bonchev–Trinajstić information content (AvgIpc) is 2.25. The number of carbonyl (C=O) groups excluding carboxylic acids is 1. The molecule has 0 aliphatic rings. The zero-order valence-electron chi connectivity index (χ0n) is 12.0. The molecule has 0 aliphatic carbocycles. The van der Waals surface area contributed by atoms with Gasteiger partial charge in [0, 0.05) is 11.8 Å². The van der Waals surface area contributed by atoms with Crippen molar-refractivity contribution >= 4 is 21.7 Å². The van der Waals surface area contributed by atoms with Crippen molar-refractivity contribution in [1.82, 2.24) is 0 Å². The second-order valence-electron chi connectivity index (χ2n) is 4.97. The summed E-state index contributed by atoms with van der Waals surface area (Å²) in [6, 6.07) is 3.03. The standard InChI is InChI=1S/C13H19N3O3S/c1-7(2)9-5-8(3)10(12(17)16-13(14)15)6-11(9)20(4,18)19/h5-7H,1-4H3,(H4,14,15,16,17).